The number of nitro groups is 1. The van der Waals surface area contributed by atoms with Crippen molar-refractivity contribution in [2.75, 3.05) is 26.2 Å². The standard InChI is InChI=1S/C18H17Cl2N3O5S/c19-16-5-4-13(10-17(16)20)11-18(24)21-6-8-22(9-7-21)29(27,28)15-3-1-2-14(12-15)23(25)26/h1-5,10,12H,6-9,11H2. The van der Waals surface area contributed by atoms with Crippen LogP contribution in [0.25, 0.3) is 0 Å². The molecule has 0 bridgehead atoms. The van der Waals surface area contributed by atoms with Crippen molar-refractivity contribution in [2.45, 2.75) is 11.3 Å². The van der Waals surface area contributed by atoms with Crippen molar-refractivity contribution in [3.8, 4) is 0 Å². The van der Waals surface area contributed by atoms with Gasteiger partial charge in [0.15, 0.2) is 0 Å². The van der Waals surface area contributed by atoms with Gasteiger partial charge in [0.25, 0.3) is 5.69 Å². The Morgan fingerprint density at radius 3 is 2.34 bits per heavy atom. The van der Waals surface area contributed by atoms with Crippen LogP contribution in [0.5, 0.6) is 0 Å². The molecule has 0 aliphatic carbocycles. The molecule has 1 fully saturated rings. The fourth-order valence-corrected chi connectivity index (χ4v) is 4.80. The molecule has 1 saturated heterocycles. The number of hydrogen-bond acceptors (Lipinski definition) is 5. The lowest BCUT2D eigenvalue weighted by Gasteiger charge is -2.34. The second kappa shape index (κ2) is 8.66. The van der Waals surface area contributed by atoms with Gasteiger partial charge in [0, 0.05) is 38.3 Å². The fourth-order valence-electron chi connectivity index (χ4n) is 3.02. The molecular formula is C18H17Cl2N3O5S. The van der Waals surface area contributed by atoms with Gasteiger partial charge in [0.05, 0.1) is 26.3 Å². The summed E-state index contributed by atoms with van der Waals surface area (Å²) in [4.78, 5) is 24.2. The molecule has 154 valence electrons. The van der Waals surface area contributed by atoms with Crippen LogP contribution in [0, 0.1) is 10.1 Å². The van der Waals surface area contributed by atoms with E-state index in [1.54, 1.807) is 23.1 Å². The molecular weight excluding hydrogens is 441 g/mol. The van der Waals surface area contributed by atoms with Gasteiger partial charge >= 0.3 is 0 Å². The van der Waals surface area contributed by atoms with Crippen LogP contribution < -0.4 is 0 Å². The van der Waals surface area contributed by atoms with Crippen LogP contribution in [0.1, 0.15) is 5.56 Å². The third-order valence-corrected chi connectivity index (χ3v) is 7.23. The molecule has 0 unspecified atom stereocenters. The van der Waals surface area contributed by atoms with Gasteiger partial charge in [-0.2, -0.15) is 4.31 Å². The molecule has 0 N–H and O–H groups in total. The van der Waals surface area contributed by atoms with Crippen molar-refractivity contribution in [1.82, 2.24) is 9.21 Å². The first-order valence-electron chi connectivity index (χ1n) is 8.65. The normalized spacial score (nSPS) is 15.3. The molecule has 0 radical (unpaired) electrons. The summed E-state index contributed by atoms with van der Waals surface area (Å²) in [6, 6.07) is 9.90. The van der Waals surface area contributed by atoms with E-state index in [0.29, 0.717) is 10.0 Å². The molecule has 0 spiro atoms. The molecule has 11 heteroatoms. The summed E-state index contributed by atoms with van der Waals surface area (Å²) >= 11 is 11.8. The highest BCUT2D eigenvalue weighted by atomic mass is 35.5. The van der Waals surface area contributed by atoms with E-state index in [4.69, 9.17) is 23.2 Å². The first-order chi connectivity index (χ1) is 13.7. The first kappa shape index (κ1) is 21.5. The number of carbonyl (C=O) groups is 1. The molecule has 2 aromatic carbocycles. The first-order valence-corrected chi connectivity index (χ1v) is 10.8. The van der Waals surface area contributed by atoms with Gasteiger partial charge in [-0.25, -0.2) is 8.42 Å². The van der Waals surface area contributed by atoms with E-state index in [1.165, 1.54) is 22.5 Å². The number of sulfonamides is 1. The number of carbonyl (C=O) groups excluding carboxylic acids is 1. The minimum Gasteiger partial charge on any atom is -0.340 e. The van der Waals surface area contributed by atoms with Gasteiger partial charge in [-0.05, 0) is 23.8 Å². The second-order valence-electron chi connectivity index (χ2n) is 6.46. The maximum absolute atomic E-state index is 12.8. The van der Waals surface area contributed by atoms with Crippen molar-refractivity contribution in [3.05, 3.63) is 68.2 Å². The molecule has 1 aliphatic heterocycles. The van der Waals surface area contributed by atoms with Crippen molar-refractivity contribution < 1.29 is 18.1 Å². The van der Waals surface area contributed by atoms with Crippen LogP contribution >= 0.6 is 23.2 Å². The van der Waals surface area contributed by atoms with Gasteiger partial charge in [0.2, 0.25) is 15.9 Å². The summed E-state index contributed by atoms with van der Waals surface area (Å²) in [5.74, 6) is -0.143. The summed E-state index contributed by atoms with van der Waals surface area (Å²) in [6.07, 6.45) is 0.133. The second-order valence-corrected chi connectivity index (χ2v) is 9.22. The Morgan fingerprint density at radius 2 is 1.72 bits per heavy atom. The van der Waals surface area contributed by atoms with Crippen molar-refractivity contribution in [3.63, 3.8) is 0 Å². The lowest BCUT2D eigenvalue weighted by molar-refractivity contribution is -0.385. The summed E-state index contributed by atoms with van der Waals surface area (Å²) in [5.41, 5.74) is 0.428. The van der Waals surface area contributed by atoms with E-state index in [-0.39, 0.29) is 49.1 Å². The molecule has 0 saturated carbocycles. The number of nitro benzene ring substituents is 1. The Hall–Kier alpha value is -2.20. The van der Waals surface area contributed by atoms with Crippen molar-refractivity contribution >= 4 is 44.8 Å². The molecule has 1 aliphatic rings. The molecule has 1 heterocycles. The highest BCUT2D eigenvalue weighted by Crippen LogP contribution is 2.24. The molecule has 0 atom stereocenters. The van der Waals surface area contributed by atoms with Crippen LogP contribution in [-0.4, -0.2) is 54.6 Å². The molecule has 1 amide bonds. The Balaban J connectivity index is 1.65. The number of nitrogens with zero attached hydrogens (tertiary/aromatic N) is 3. The van der Waals surface area contributed by atoms with Gasteiger partial charge in [-0.3, -0.25) is 14.9 Å². The van der Waals surface area contributed by atoms with Crippen LogP contribution in [0.4, 0.5) is 5.69 Å². The van der Waals surface area contributed by atoms with Gasteiger partial charge in [0.1, 0.15) is 0 Å². The molecule has 3 rings (SSSR count). The highest BCUT2D eigenvalue weighted by molar-refractivity contribution is 7.89. The topological polar surface area (TPSA) is 101 Å². The molecule has 2 aromatic rings. The lowest BCUT2D eigenvalue weighted by Crippen LogP contribution is -2.50. The summed E-state index contributed by atoms with van der Waals surface area (Å²) in [5, 5.41) is 11.7. The third-order valence-electron chi connectivity index (χ3n) is 4.60. The van der Waals surface area contributed by atoms with Gasteiger partial charge < -0.3 is 4.90 Å². The zero-order valence-electron chi connectivity index (χ0n) is 15.1. The number of amides is 1. The predicted octanol–water partition coefficient (Wildman–Crippen LogP) is 2.98. The minimum atomic E-state index is -3.88. The maximum atomic E-state index is 12.8. The van der Waals surface area contributed by atoms with Crippen molar-refractivity contribution in [1.29, 1.82) is 0 Å². The number of non-ortho nitro benzene ring substituents is 1. The van der Waals surface area contributed by atoms with Crippen molar-refractivity contribution in [2.24, 2.45) is 0 Å². The van der Waals surface area contributed by atoms with Gasteiger partial charge in [-0.15, -0.1) is 0 Å². The third kappa shape index (κ3) is 4.87. The van der Waals surface area contributed by atoms with Crippen LogP contribution in [0.3, 0.4) is 0 Å². The van der Waals surface area contributed by atoms with E-state index in [1.807, 2.05) is 0 Å². The molecule has 0 aromatic heterocycles. The fraction of sp³-hybridized carbons (Fsp3) is 0.278. The zero-order valence-corrected chi connectivity index (χ0v) is 17.5. The maximum Gasteiger partial charge on any atom is 0.270 e. The van der Waals surface area contributed by atoms with Crippen LogP contribution in [-0.2, 0) is 21.2 Å². The smallest absolute Gasteiger partial charge is 0.270 e. The highest BCUT2D eigenvalue weighted by Gasteiger charge is 2.31. The van der Waals surface area contributed by atoms with Gasteiger partial charge in [-0.1, -0.05) is 35.3 Å². The van der Waals surface area contributed by atoms with Crippen LogP contribution in [0.15, 0.2) is 47.4 Å². The zero-order chi connectivity index (χ0) is 21.2. The van der Waals surface area contributed by atoms with E-state index in [2.05, 4.69) is 0 Å². The predicted molar refractivity (Wildman–Crippen MR) is 109 cm³/mol. The SMILES string of the molecule is O=C(Cc1ccc(Cl)c(Cl)c1)N1CCN(S(=O)(=O)c2cccc([N+](=O)[O-])c2)CC1. The lowest BCUT2D eigenvalue weighted by atomic mass is 10.1. The Bertz CT molecular complexity index is 1050. The number of halogens is 2. The van der Waals surface area contributed by atoms with E-state index in [9.17, 15) is 23.3 Å². The number of rotatable bonds is 5. The van der Waals surface area contributed by atoms with E-state index in [0.717, 1.165) is 11.6 Å². The Kier molecular flexibility index (Phi) is 6.42. The minimum absolute atomic E-state index is 0.109. The monoisotopic (exact) mass is 457 g/mol. The average Bonchev–Trinajstić information content (AvgIpc) is 2.71. The number of benzene rings is 2. The average molecular weight is 458 g/mol. The largest absolute Gasteiger partial charge is 0.340 e. The number of piperazine rings is 1. The summed E-state index contributed by atoms with van der Waals surface area (Å²) < 4.78 is 26.8. The van der Waals surface area contributed by atoms with Crippen LogP contribution in [0.2, 0.25) is 10.0 Å². The quantitative estimate of drug-likeness (QED) is 0.507. The summed E-state index contributed by atoms with van der Waals surface area (Å²) in [7, 11) is -3.88. The Labute approximate surface area is 177 Å². The molecule has 29 heavy (non-hydrogen) atoms. The Morgan fingerprint density at radius 1 is 1.03 bits per heavy atom. The number of hydrogen-bond donors (Lipinski definition) is 0. The van der Waals surface area contributed by atoms with E-state index < -0.39 is 14.9 Å². The molecule has 8 nitrogen and oxygen atoms in total. The summed E-state index contributed by atoms with van der Waals surface area (Å²) in [6.45, 7) is 0.679. The van der Waals surface area contributed by atoms with E-state index >= 15 is 0 Å².